The zero-order valence-corrected chi connectivity index (χ0v) is 14.0. The Balaban J connectivity index is 1.85. The average Bonchev–Trinajstić information content (AvgIpc) is 2.61. The number of carboxylic acid groups (broad SMARTS) is 1. The maximum Gasteiger partial charge on any atom is 0.338 e. The molecule has 1 fully saturated rings. The minimum Gasteiger partial charge on any atom is -0.478 e. The van der Waals surface area contributed by atoms with E-state index >= 15 is 0 Å². The second kappa shape index (κ2) is 7.07. The molecule has 0 radical (unpaired) electrons. The molecule has 0 aromatic heterocycles. The number of aromatic carboxylic acids is 1. The van der Waals surface area contributed by atoms with Gasteiger partial charge < -0.3 is 14.6 Å². The van der Waals surface area contributed by atoms with Crippen molar-refractivity contribution >= 4 is 11.9 Å². The van der Waals surface area contributed by atoms with Gasteiger partial charge in [0.1, 0.15) is 6.61 Å². The van der Waals surface area contributed by atoms with Gasteiger partial charge in [-0.25, -0.2) is 9.59 Å². The van der Waals surface area contributed by atoms with Crippen molar-refractivity contribution in [3.63, 3.8) is 0 Å². The third kappa shape index (κ3) is 3.72. The molecule has 3 rings (SSSR count). The number of carbonyl (C=O) groups excluding carboxylic acids is 1. The fraction of sp³-hybridized carbons (Fsp3) is 0.300. The van der Waals surface area contributed by atoms with Crippen LogP contribution in [0.2, 0.25) is 0 Å². The summed E-state index contributed by atoms with van der Waals surface area (Å²) >= 11 is 0. The van der Waals surface area contributed by atoms with Crippen LogP contribution in [0.1, 0.15) is 34.1 Å². The predicted molar refractivity (Wildman–Crippen MR) is 92.7 cm³/mol. The average molecular weight is 340 g/mol. The van der Waals surface area contributed by atoms with Crippen molar-refractivity contribution in [3.8, 4) is 11.1 Å². The van der Waals surface area contributed by atoms with Crippen molar-refractivity contribution in [2.24, 2.45) is 5.41 Å². The van der Waals surface area contributed by atoms with E-state index < -0.39 is 11.9 Å². The fourth-order valence-corrected chi connectivity index (χ4v) is 2.75. The number of esters is 1. The number of benzene rings is 2. The van der Waals surface area contributed by atoms with Gasteiger partial charge in [0.25, 0.3) is 0 Å². The van der Waals surface area contributed by atoms with Gasteiger partial charge in [0, 0.05) is 0 Å². The predicted octanol–water partition coefficient (Wildman–Crippen LogP) is 3.64. The van der Waals surface area contributed by atoms with Gasteiger partial charge in [-0.15, -0.1) is 0 Å². The van der Waals surface area contributed by atoms with Crippen LogP contribution in [0, 0.1) is 5.41 Å². The molecule has 0 spiro atoms. The van der Waals surface area contributed by atoms with Crippen LogP contribution < -0.4 is 0 Å². The normalized spacial score (nSPS) is 15.2. The number of rotatable bonds is 6. The zero-order chi connectivity index (χ0) is 17.9. The lowest BCUT2D eigenvalue weighted by atomic mass is 9.84. The molecule has 0 saturated carbocycles. The number of ether oxygens (including phenoxy) is 2. The van der Waals surface area contributed by atoms with Gasteiger partial charge in [0.05, 0.1) is 29.8 Å². The first-order chi connectivity index (χ1) is 12.0. The topological polar surface area (TPSA) is 72.8 Å². The highest BCUT2D eigenvalue weighted by atomic mass is 16.5. The van der Waals surface area contributed by atoms with Crippen molar-refractivity contribution in [1.29, 1.82) is 0 Å². The molecule has 5 heteroatoms. The molecule has 0 bridgehead atoms. The van der Waals surface area contributed by atoms with E-state index in [2.05, 4.69) is 0 Å². The SMILES string of the molecule is CCC1(COC(=O)c2cc(C(=O)O)cc(-c3ccccc3)c2)COC1. The van der Waals surface area contributed by atoms with Crippen LogP contribution in [0.25, 0.3) is 11.1 Å². The first-order valence-electron chi connectivity index (χ1n) is 8.22. The molecule has 1 N–H and O–H groups in total. The summed E-state index contributed by atoms with van der Waals surface area (Å²) in [5, 5.41) is 9.34. The molecule has 0 atom stereocenters. The molecule has 1 heterocycles. The first kappa shape index (κ1) is 17.2. The molecule has 0 aliphatic carbocycles. The summed E-state index contributed by atoms with van der Waals surface area (Å²) in [6.45, 7) is 3.48. The third-order valence-electron chi connectivity index (χ3n) is 4.60. The Kier molecular flexibility index (Phi) is 4.86. The Morgan fingerprint density at radius 3 is 2.32 bits per heavy atom. The van der Waals surface area contributed by atoms with Crippen LogP contribution in [0.4, 0.5) is 0 Å². The van der Waals surface area contributed by atoms with E-state index in [1.165, 1.54) is 6.07 Å². The van der Waals surface area contributed by atoms with E-state index in [9.17, 15) is 14.7 Å². The van der Waals surface area contributed by atoms with Crippen LogP contribution in [0.15, 0.2) is 48.5 Å². The van der Waals surface area contributed by atoms with E-state index in [-0.39, 0.29) is 23.1 Å². The number of carboxylic acids is 1. The number of hydrogen-bond acceptors (Lipinski definition) is 4. The van der Waals surface area contributed by atoms with Crippen LogP contribution in [0.5, 0.6) is 0 Å². The summed E-state index contributed by atoms with van der Waals surface area (Å²) < 4.78 is 10.7. The summed E-state index contributed by atoms with van der Waals surface area (Å²) in [5.41, 5.74) is 1.71. The molecule has 2 aromatic rings. The Hall–Kier alpha value is -2.66. The molecular weight excluding hydrogens is 320 g/mol. The lowest BCUT2D eigenvalue weighted by Gasteiger charge is -2.39. The maximum absolute atomic E-state index is 12.4. The molecule has 1 aliphatic heterocycles. The lowest BCUT2D eigenvalue weighted by molar-refractivity contribution is -0.140. The Morgan fingerprint density at radius 1 is 1.08 bits per heavy atom. The van der Waals surface area contributed by atoms with Gasteiger partial charge in [0.2, 0.25) is 0 Å². The van der Waals surface area contributed by atoms with Gasteiger partial charge in [0.15, 0.2) is 0 Å². The van der Waals surface area contributed by atoms with E-state index in [0.29, 0.717) is 18.8 Å². The highest BCUT2D eigenvalue weighted by Gasteiger charge is 2.38. The van der Waals surface area contributed by atoms with Gasteiger partial charge >= 0.3 is 11.9 Å². The van der Waals surface area contributed by atoms with Crippen LogP contribution in [-0.2, 0) is 9.47 Å². The smallest absolute Gasteiger partial charge is 0.338 e. The monoisotopic (exact) mass is 340 g/mol. The molecule has 2 aromatic carbocycles. The summed E-state index contributed by atoms with van der Waals surface area (Å²) in [7, 11) is 0. The van der Waals surface area contributed by atoms with E-state index in [4.69, 9.17) is 9.47 Å². The van der Waals surface area contributed by atoms with Crippen molar-refractivity contribution in [3.05, 3.63) is 59.7 Å². The van der Waals surface area contributed by atoms with Gasteiger partial charge in [-0.2, -0.15) is 0 Å². The summed E-state index contributed by atoms with van der Waals surface area (Å²) in [6.07, 6.45) is 0.866. The van der Waals surface area contributed by atoms with Crippen LogP contribution in [0.3, 0.4) is 0 Å². The Morgan fingerprint density at radius 2 is 1.76 bits per heavy atom. The Bertz CT molecular complexity index is 772. The largest absolute Gasteiger partial charge is 0.478 e. The highest BCUT2D eigenvalue weighted by molar-refractivity contribution is 5.96. The summed E-state index contributed by atoms with van der Waals surface area (Å²) in [5.74, 6) is -1.59. The van der Waals surface area contributed by atoms with E-state index in [1.54, 1.807) is 12.1 Å². The first-order valence-corrected chi connectivity index (χ1v) is 8.22. The molecule has 1 aliphatic rings. The van der Waals surface area contributed by atoms with Crippen LogP contribution >= 0.6 is 0 Å². The third-order valence-corrected chi connectivity index (χ3v) is 4.60. The Labute approximate surface area is 146 Å². The van der Waals surface area contributed by atoms with Crippen molar-refractivity contribution in [2.75, 3.05) is 19.8 Å². The fourth-order valence-electron chi connectivity index (χ4n) is 2.75. The number of hydrogen-bond donors (Lipinski definition) is 1. The lowest BCUT2D eigenvalue weighted by Crippen LogP contribution is -2.46. The maximum atomic E-state index is 12.4. The summed E-state index contributed by atoms with van der Waals surface area (Å²) in [6, 6.07) is 13.9. The highest BCUT2D eigenvalue weighted by Crippen LogP contribution is 2.32. The molecule has 5 nitrogen and oxygen atoms in total. The van der Waals surface area contributed by atoms with Crippen LogP contribution in [-0.4, -0.2) is 36.9 Å². The molecule has 25 heavy (non-hydrogen) atoms. The van der Waals surface area contributed by atoms with Gasteiger partial charge in [-0.1, -0.05) is 37.3 Å². The zero-order valence-electron chi connectivity index (χ0n) is 14.0. The van der Waals surface area contributed by atoms with Gasteiger partial charge in [-0.3, -0.25) is 0 Å². The standard InChI is InChI=1S/C20H20O5/c1-2-20(11-24-12-20)13-25-19(23)17-9-15(8-16(10-17)18(21)22)14-6-4-3-5-7-14/h3-10H,2,11-13H2,1H3,(H,21,22). The van der Waals surface area contributed by atoms with Gasteiger partial charge in [-0.05, 0) is 35.7 Å². The van der Waals surface area contributed by atoms with Crippen molar-refractivity contribution < 1.29 is 24.2 Å². The summed E-state index contributed by atoms with van der Waals surface area (Å²) in [4.78, 5) is 23.9. The van der Waals surface area contributed by atoms with E-state index in [0.717, 1.165) is 12.0 Å². The minimum absolute atomic E-state index is 0.0606. The van der Waals surface area contributed by atoms with E-state index in [1.807, 2.05) is 37.3 Å². The second-order valence-electron chi connectivity index (χ2n) is 6.39. The quantitative estimate of drug-likeness (QED) is 0.813. The van der Waals surface area contributed by atoms with Crippen molar-refractivity contribution in [2.45, 2.75) is 13.3 Å². The molecule has 1 saturated heterocycles. The minimum atomic E-state index is -1.08. The molecule has 0 unspecified atom stereocenters. The number of carbonyl (C=O) groups is 2. The second-order valence-corrected chi connectivity index (χ2v) is 6.39. The molecule has 0 amide bonds. The van der Waals surface area contributed by atoms with Crippen molar-refractivity contribution in [1.82, 2.24) is 0 Å². The molecular formula is C20H20O5. The molecule has 130 valence electrons.